The zero-order valence-corrected chi connectivity index (χ0v) is 24.4. The summed E-state index contributed by atoms with van der Waals surface area (Å²) in [6, 6.07) is 7.71. The Labute approximate surface area is 261 Å². The van der Waals surface area contributed by atoms with Crippen LogP contribution in [-0.2, 0) is 39.7 Å². The fourth-order valence-electron chi connectivity index (χ4n) is 4.86. The SMILES string of the molecule is C[C@@H]1O[C@@H](O[C@@H]2[C@@H](O)[C@H](OC(=O)CCc3ccc(O)c(O)c3)O[C@H](CO)[C@H]2OC(=O)C=Cc2ccc(O)c(O)c2)[C@H](O)[C@H](O)[C@H]1O. The molecule has 4 rings (SSSR count). The number of aliphatic hydroxyl groups excluding tert-OH is 5. The van der Waals surface area contributed by atoms with Crippen LogP contribution in [0.4, 0.5) is 0 Å². The van der Waals surface area contributed by atoms with Gasteiger partial charge in [0.15, 0.2) is 35.4 Å². The number of phenols is 4. The Morgan fingerprint density at radius 2 is 1.46 bits per heavy atom. The van der Waals surface area contributed by atoms with Crippen molar-refractivity contribution in [1.82, 2.24) is 0 Å². The molecule has 16 nitrogen and oxygen atoms in total. The molecule has 0 aliphatic carbocycles. The molecule has 2 aliphatic heterocycles. The third kappa shape index (κ3) is 8.23. The number of aromatic hydroxyl groups is 4. The number of phenolic OH excluding ortho intramolecular Hbond substituents is 4. The summed E-state index contributed by atoms with van der Waals surface area (Å²) in [5.41, 5.74) is 0.779. The highest BCUT2D eigenvalue weighted by Crippen LogP contribution is 2.32. The van der Waals surface area contributed by atoms with E-state index in [2.05, 4.69) is 0 Å². The molecule has 0 spiro atoms. The predicted octanol–water partition coefficient (Wildman–Crippen LogP) is -1.10. The van der Waals surface area contributed by atoms with Gasteiger partial charge in [0.1, 0.15) is 36.6 Å². The van der Waals surface area contributed by atoms with Crippen LogP contribution in [0.25, 0.3) is 6.08 Å². The van der Waals surface area contributed by atoms with Crippen molar-refractivity contribution in [2.24, 2.45) is 0 Å². The number of carbonyl (C=O) groups is 2. The summed E-state index contributed by atoms with van der Waals surface area (Å²) in [6.07, 6.45) is -14.3. The van der Waals surface area contributed by atoms with Gasteiger partial charge in [-0.05, 0) is 54.8 Å². The molecule has 0 radical (unpaired) electrons. The molecule has 2 aromatic rings. The number of benzene rings is 2. The fraction of sp³-hybridized carbons (Fsp3) is 0.467. The van der Waals surface area contributed by atoms with Crippen molar-refractivity contribution in [2.45, 2.75) is 81.2 Å². The fourth-order valence-corrected chi connectivity index (χ4v) is 4.86. The monoisotopic (exact) mass is 652 g/mol. The number of aliphatic hydroxyl groups is 5. The number of rotatable bonds is 10. The van der Waals surface area contributed by atoms with Crippen LogP contribution in [0.2, 0.25) is 0 Å². The minimum atomic E-state index is -1.92. The first-order valence-electron chi connectivity index (χ1n) is 14.2. The van der Waals surface area contributed by atoms with Gasteiger partial charge in [-0.15, -0.1) is 0 Å². The van der Waals surface area contributed by atoms with Crippen LogP contribution in [-0.4, -0.2) is 126 Å². The molecule has 0 unspecified atom stereocenters. The Morgan fingerprint density at radius 1 is 0.783 bits per heavy atom. The van der Waals surface area contributed by atoms with Crippen LogP contribution in [0.5, 0.6) is 23.0 Å². The number of esters is 2. The van der Waals surface area contributed by atoms with Gasteiger partial charge < -0.3 is 69.6 Å². The molecule has 0 aromatic heterocycles. The second-order valence-corrected chi connectivity index (χ2v) is 10.8. The van der Waals surface area contributed by atoms with E-state index in [1.807, 2.05) is 0 Å². The lowest BCUT2D eigenvalue weighted by molar-refractivity contribution is -0.353. The molecule has 46 heavy (non-hydrogen) atoms. The Kier molecular flexibility index (Phi) is 11.4. The Balaban J connectivity index is 1.52. The number of ether oxygens (including phenoxy) is 5. The summed E-state index contributed by atoms with van der Waals surface area (Å²) in [4.78, 5) is 25.5. The summed E-state index contributed by atoms with van der Waals surface area (Å²) in [5.74, 6) is -3.49. The Hall–Kier alpha value is -4.00. The maximum Gasteiger partial charge on any atom is 0.331 e. The zero-order valence-electron chi connectivity index (χ0n) is 24.4. The summed E-state index contributed by atoms with van der Waals surface area (Å²) in [5, 5.41) is 90.4. The van der Waals surface area contributed by atoms with Crippen molar-refractivity contribution in [3.63, 3.8) is 0 Å². The summed E-state index contributed by atoms with van der Waals surface area (Å²) >= 11 is 0. The molecule has 2 saturated heterocycles. The van der Waals surface area contributed by atoms with Gasteiger partial charge in [-0.25, -0.2) is 4.79 Å². The molecule has 0 saturated carbocycles. The Morgan fingerprint density at radius 3 is 2.11 bits per heavy atom. The lowest BCUT2D eigenvalue weighted by Gasteiger charge is -2.46. The molecule has 0 amide bonds. The van der Waals surface area contributed by atoms with Gasteiger partial charge in [-0.1, -0.05) is 12.1 Å². The van der Waals surface area contributed by atoms with Gasteiger partial charge in [-0.2, -0.15) is 0 Å². The van der Waals surface area contributed by atoms with Crippen molar-refractivity contribution < 1.29 is 79.2 Å². The average Bonchev–Trinajstić information content (AvgIpc) is 3.02. The van der Waals surface area contributed by atoms with Crippen molar-refractivity contribution >= 4 is 18.0 Å². The first-order valence-corrected chi connectivity index (χ1v) is 14.2. The maximum atomic E-state index is 12.8. The van der Waals surface area contributed by atoms with Gasteiger partial charge in [0.2, 0.25) is 6.29 Å². The van der Waals surface area contributed by atoms with Crippen molar-refractivity contribution in [2.75, 3.05) is 6.61 Å². The van der Waals surface area contributed by atoms with Gasteiger partial charge in [0, 0.05) is 12.5 Å². The minimum absolute atomic E-state index is 0.0600. The summed E-state index contributed by atoms with van der Waals surface area (Å²) in [6.45, 7) is 0.543. The number of carbonyl (C=O) groups excluding carboxylic acids is 2. The van der Waals surface area contributed by atoms with E-state index < -0.39 is 91.5 Å². The highest BCUT2D eigenvalue weighted by atomic mass is 16.7. The second-order valence-electron chi connectivity index (χ2n) is 10.8. The van der Waals surface area contributed by atoms with Crippen LogP contribution < -0.4 is 0 Å². The quantitative estimate of drug-likeness (QED) is 0.0838. The first kappa shape index (κ1) is 34.9. The van der Waals surface area contributed by atoms with Crippen molar-refractivity contribution in [3.8, 4) is 23.0 Å². The van der Waals surface area contributed by atoms with Crippen molar-refractivity contribution in [3.05, 3.63) is 53.6 Å². The predicted molar refractivity (Wildman–Crippen MR) is 152 cm³/mol. The second kappa shape index (κ2) is 15.1. The van der Waals surface area contributed by atoms with Gasteiger partial charge in [0.05, 0.1) is 12.7 Å². The van der Waals surface area contributed by atoms with Crippen molar-refractivity contribution in [1.29, 1.82) is 0 Å². The Bertz CT molecular complexity index is 1400. The van der Waals surface area contributed by atoms with E-state index >= 15 is 0 Å². The molecule has 9 N–H and O–H groups in total. The van der Waals surface area contributed by atoms with E-state index in [-0.39, 0.29) is 24.3 Å². The average molecular weight is 653 g/mol. The molecule has 2 aliphatic rings. The van der Waals surface area contributed by atoms with Crippen LogP contribution in [0.1, 0.15) is 24.5 Å². The number of hydrogen-bond acceptors (Lipinski definition) is 16. The lowest BCUT2D eigenvalue weighted by Crippen LogP contribution is -2.65. The van der Waals surface area contributed by atoms with E-state index in [9.17, 15) is 55.5 Å². The van der Waals surface area contributed by atoms with E-state index in [0.29, 0.717) is 11.1 Å². The molecule has 2 fully saturated rings. The third-order valence-electron chi connectivity index (χ3n) is 7.46. The molecule has 2 aromatic carbocycles. The van der Waals surface area contributed by atoms with E-state index in [0.717, 1.165) is 6.08 Å². The minimum Gasteiger partial charge on any atom is -0.504 e. The molecule has 2 heterocycles. The van der Waals surface area contributed by atoms with Crippen LogP contribution in [0, 0.1) is 0 Å². The molecule has 10 atom stereocenters. The van der Waals surface area contributed by atoms with E-state index in [1.165, 1.54) is 49.4 Å². The van der Waals surface area contributed by atoms with Crippen LogP contribution in [0.15, 0.2) is 42.5 Å². The lowest BCUT2D eigenvalue weighted by atomic mass is 9.97. The summed E-state index contributed by atoms with van der Waals surface area (Å²) < 4.78 is 27.5. The molecular weight excluding hydrogens is 616 g/mol. The molecular formula is C30H36O16. The maximum absolute atomic E-state index is 12.8. The van der Waals surface area contributed by atoms with Gasteiger partial charge in [0.25, 0.3) is 0 Å². The van der Waals surface area contributed by atoms with Crippen LogP contribution in [0.3, 0.4) is 0 Å². The third-order valence-corrected chi connectivity index (χ3v) is 7.46. The zero-order chi connectivity index (χ0) is 33.7. The molecule has 252 valence electrons. The van der Waals surface area contributed by atoms with Gasteiger partial charge >= 0.3 is 11.9 Å². The standard InChI is InChI=1S/C30H36O16/c1-13-23(38)24(39)25(40)29(42-13)46-28-26(41)30(45-22(37)9-5-15-3-7-17(33)19(35)11-15)43-20(12-31)27(28)44-21(36)8-4-14-2-6-16(32)18(34)10-14/h2-4,6-8,10-11,13,20,23-35,38-41H,5,9,12H2,1H3/t13-,20+,23-,24+,25+,26+,27+,28+,29-,30-/m0/s1. The van der Waals surface area contributed by atoms with Crippen LogP contribution >= 0.6 is 0 Å². The smallest absolute Gasteiger partial charge is 0.331 e. The highest BCUT2D eigenvalue weighted by Gasteiger charge is 2.53. The number of hydrogen-bond donors (Lipinski definition) is 9. The molecule has 16 heteroatoms. The first-order chi connectivity index (χ1) is 21.8. The van der Waals surface area contributed by atoms with E-state index in [4.69, 9.17) is 23.7 Å². The summed E-state index contributed by atoms with van der Waals surface area (Å²) in [7, 11) is 0. The van der Waals surface area contributed by atoms with E-state index in [1.54, 1.807) is 0 Å². The normalized spacial score (nSPS) is 31.4. The number of aryl methyl sites for hydroxylation is 1. The highest BCUT2D eigenvalue weighted by molar-refractivity contribution is 5.87. The van der Waals surface area contributed by atoms with Gasteiger partial charge in [-0.3, -0.25) is 4.79 Å². The topological polar surface area (TPSA) is 262 Å². The largest absolute Gasteiger partial charge is 0.504 e. The molecule has 0 bridgehead atoms.